The summed E-state index contributed by atoms with van der Waals surface area (Å²) in [5, 5.41) is 12.7. The lowest BCUT2D eigenvalue weighted by molar-refractivity contribution is 0.115. The maximum atomic E-state index is 14.5. The van der Waals surface area contributed by atoms with Gasteiger partial charge >= 0.3 is 0 Å². The molecule has 0 amide bonds. The first kappa shape index (κ1) is 21.2. The molecule has 0 spiro atoms. The molecule has 31 heavy (non-hydrogen) atoms. The van der Waals surface area contributed by atoms with E-state index in [1.165, 1.54) is 18.5 Å². The molecule has 1 saturated heterocycles. The summed E-state index contributed by atoms with van der Waals surface area (Å²) in [6, 6.07) is 6.46. The van der Waals surface area contributed by atoms with E-state index >= 15 is 0 Å². The highest BCUT2D eigenvalue weighted by atomic mass is 35.5. The van der Waals surface area contributed by atoms with E-state index < -0.39 is 5.82 Å². The van der Waals surface area contributed by atoms with Gasteiger partial charge in [-0.3, -0.25) is 0 Å². The van der Waals surface area contributed by atoms with E-state index in [1.54, 1.807) is 24.1 Å². The van der Waals surface area contributed by atoms with E-state index in [4.69, 9.17) is 32.7 Å². The molecule has 0 aliphatic carbocycles. The van der Waals surface area contributed by atoms with Crippen LogP contribution in [0.2, 0.25) is 10.0 Å². The first-order valence-electron chi connectivity index (χ1n) is 9.54. The van der Waals surface area contributed by atoms with Gasteiger partial charge in [0, 0.05) is 18.0 Å². The van der Waals surface area contributed by atoms with Gasteiger partial charge < -0.3 is 19.7 Å². The van der Waals surface area contributed by atoms with Gasteiger partial charge in [-0.05, 0) is 31.0 Å². The molecular formula is C21H18Cl2FN5O2. The zero-order valence-electron chi connectivity index (χ0n) is 16.5. The molecule has 0 radical (unpaired) electrons. The lowest BCUT2D eigenvalue weighted by Crippen LogP contribution is -2.38. The number of piperidine rings is 1. The Morgan fingerprint density at radius 2 is 2.10 bits per heavy atom. The minimum absolute atomic E-state index is 0.122. The Morgan fingerprint density at radius 3 is 2.87 bits per heavy atom. The van der Waals surface area contributed by atoms with Crippen molar-refractivity contribution in [2.75, 3.05) is 25.5 Å². The van der Waals surface area contributed by atoms with Gasteiger partial charge in [-0.1, -0.05) is 23.2 Å². The minimum Gasteiger partial charge on any atom is -0.493 e. The van der Waals surface area contributed by atoms with Crippen molar-refractivity contribution in [2.45, 2.75) is 18.9 Å². The Hall–Kier alpha value is -3.02. The third-order valence-corrected chi connectivity index (χ3v) is 5.80. The van der Waals surface area contributed by atoms with Crippen molar-refractivity contribution in [3.63, 3.8) is 0 Å². The maximum absolute atomic E-state index is 14.5. The van der Waals surface area contributed by atoms with Crippen LogP contribution in [0.3, 0.4) is 0 Å². The van der Waals surface area contributed by atoms with Gasteiger partial charge in [0.1, 0.15) is 18.2 Å². The topological polar surface area (TPSA) is 83.3 Å². The highest BCUT2D eigenvalue weighted by molar-refractivity contribution is 6.42. The number of nitrogens with one attached hydrogen (secondary N) is 1. The summed E-state index contributed by atoms with van der Waals surface area (Å²) >= 11 is 11.8. The molecule has 2 heterocycles. The fourth-order valence-corrected chi connectivity index (χ4v) is 3.78. The van der Waals surface area contributed by atoms with E-state index in [0.29, 0.717) is 34.8 Å². The number of halogens is 3. The van der Waals surface area contributed by atoms with E-state index in [1.807, 2.05) is 0 Å². The number of hydrogen-bond acceptors (Lipinski definition) is 7. The molecule has 1 fully saturated rings. The smallest absolute Gasteiger partial charge is 0.179 e. The molecular weight excluding hydrogens is 444 g/mol. The number of fused-ring (bicyclic) bond motifs is 1. The van der Waals surface area contributed by atoms with Gasteiger partial charge in [-0.15, -0.1) is 0 Å². The Labute approximate surface area is 188 Å². The SMILES string of the molecule is COc1cc2ncnc(Nc3ccc(Cl)c(Cl)c3F)c2cc1OC1CCCN(C#N)C1. The van der Waals surface area contributed by atoms with Crippen molar-refractivity contribution in [1.29, 1.82) is 5.26 Å². The average Bonchev–Trinajstić information content (AvgIpc) is 2.79. The van der Waals surface area contributed by atoms with Crippen LogP contribution in [-0.2, 0) is 0 Å². The van der Waals surface area contributed by atoms with E-state index in [-0.39, 0.29) is 21.8 Å². The maximum Gasteiger partial charge on any atom is 0.179 e. The fraction of sp³-hybridized carbons (Fsp3) is 0.286. The fourth-order valence-electron chi connectivity index (χ4n) is 3.47. The molecule has 10 heteroatoms. The van der Waals surface area contributed by atoms with Crippen LogP contribution >= 0.6 is 23.2 Å². The van der Waals surface area contributed by atoms with E-state index in [2.05, 4.69) is 21.5 Å². The number of ether oxygens (including phenoxy) is 2. The third-order valence-electron chi connectivity index (χ3n) is 5.02. The number of rotatable bonds is 5. The molecule has 1 aliphatic heterocycles. The Morgan fingerprint density at radius 1 is 1.26 bits per heavy atom. The second-order valence-corrected chi connectivity index (χ2v) is 7.80. The molecule has 4 rings (SSSR count). The molecule has 1 aliphatic rings. The Kier molecular flexibility index (Phi) is 6.16. The summed E-state index contributed by atoms with van der Waals surface area (Å²) in [4.78, 5) is 10.2. The van der Waals surface area contributed by atoms with Gasteiger partial charge in [-0.2, -0.15) is 5.26 Å². The highest BCUT2D eigenvalue weighted by Gasteiger charge is 2.23. The van der Waals surface area contributed by atoms with Gasteiger partial charge in [-0.25, -0.2) is 14.4 Å². The van der Waals surface area contributed by atoms with E-state index in [9.17, 15) is 9.65 Å². The van der Waals surface area contributed by atoms with E-state index in [0.717, 1.165) is 19.4 Å². The van der Waals surface area contributed by atoms with Crippen LogP contribution in [0.1, 0.15) is 12.8 Å². The number of anilines is 2. The Balaban J connectivity index is 1.70. The zero-order valence-corrected chi connectivity index (χ0v) is 18.0. The molecule has 160 valence electrons. The number of aromatic nitrogens is 2. The van der Waals surface area contributed by atoms with Gasteiger partial charge in [0.15, 0.2) is 23.5 Å². The lowest BCUT2D eigenvalue weighted by Gasteiger charge is -2.29. The van der Waals surface area contributed by atoms with Crippen LogP contribution in [0, 0.1) is 17.3 Å². The van der Waals surface area contributed by atoms with Crippen molar-refractivity contribution in [3.05, 3.63) is 46.5 Å². The predicted molar refractivity (Wildman–Crippen MR) is 117 cm³/mol. The molecule has 1 N–H and O–H groups in total. The quantitative estimate of drug-likeness (QED) is 0.415. The number of methoxy groups -OCH3 is 1. The standard InChI is InChI=1S/C21H18Cl2FN5O2/c1-30-17-8-16-13(7-18(17)31-12-3-2-6-29(9-12)10-25)21(27-11-26-16)28-15-5-4-14(22)19(23)20(15)24/h4-5,7-8,11-12H,2-3,6,9H2,1H3,(H,26,27,28). The van der Waals surface area contributed by atoms with Gasteiger partial charge in [0.25, 0.3) is 0 Å². The third kappa shape index (κ3) is 4.38. The summed E-state index contributed by atoms with van der Waals surface area (Å²) in [5.41, 5.74) is 0.717. The van der Waals surface area contributed by atoms with Crippen LogP contribution in [0.4, 0.5) is 15.9 Å². The number of likely N-dealkylation sites (tertiary alicyclic amines) is 1. The monoisotopic (exact) mass is 461 g/mol. The number of nitriles is 1. The molecule has 1 atom stereocenters. The summed E-state index contributed by atoms with van der Waals surface area (Å²) in [6.45, 7) is 1.23. The molecule has 3 aromatic rings. The van der Waals surface area contributed by atoms with Crippen molar-refractivity contribution < 1.29 is 13.9 Å². The summed E-state index contributed by atoms with van der Waals surface area (Å²) in [7, 11) is 1.54. The van der Waals surface area contributed by atoms with Crippen molar-refractivity contribution in [2.24, 2.45) is 0 Å². The highest BCUT2D eigenvalue weighted by Crippen LogP contribution is 2.37. The van der Waals surface area contributed by atoms with Crippen LogP contribution in [-0.4, -0.2) is 41.2 Å². The number of hydrogen-bond donors (Lipinski definition) is 1. The first-order valence-corrected chi connectivity index (χ1v) is 10.3. The normalized spacial score (nSPS) is 16.1. The molecule has 1 unspecified atom stereocenters. The molecule has 1 aromatic heterocycles. The summed E-state index contributed by atoms with van der Waals surface area (Å²) in [6.07, 6.45) is 5.06. The van der Waals surface area contributed by atoms with Crippen LogP contribution in [0.5, 0.6) is 11.5 Å². The van der Waals surface area contributed by atoms with Crippen molar-refractivity contribution >= 4 is 45.6 Å². The molecule has 0 saturated carbocycles. The van der Waals surface area contributed by atoms with Gasteiger partial charge in [0.2, 0.25) is 0 Å². The molecule has 2 aromatic carbocycles. The average molecular weight is 462 g/mol. The Bertz CT molecular complexity index is 1170. The summed E-state index contributed by atoms with van der Waals surface area (Å²) < 4.78 is 26.2. The van der Waals surface area contributed by atoms with Crippen molar-refractivity contribution in [3.8, 4) is 17.7 Å². The molecule has 0 bridgehead atoms. The number of nitrogens with zero attached hydrogens (tertiary/aromatic N) is 4. The molecule has 7 nitrogen and oxygen atoms in total. The van der Waals surface area contributed by atoms with Crippen LogP contribution in [0.25, 0.3) is 10.9 Å². The largest absolute Gasteiger partial charge is 0.493 e. The lowest BCUT2D eigenvalue weighted by atomic mass is 10.1. The van der Waals surface area contributed by atoms with Crippen molar-refractivity contribution in [1.82, 2.24) is 14.9 Å². The second kappa shape index (κ2) is 9.00. The van der Waals surface area contributed by atoms with Crippen LogP contribution < -0.4 is 14.8 Å². The summed E-state index contributed by atoms with van der Waals surface area (Å²) in [5.74, 6) is 0.695. The predicted octanol–water partition coefficient (Wildman–Crippen LogP) is 5.15. The second-order valence-electron chi connectivity index (χ2n) is 7.02. The van der Waals surface area contributed by atoms with Crippen LogP contribution in [0.15, 0.2) is 30.6 Å². The number of benzene rings is 2. The first-order chi connectivity index (χ1) is 15.0. The zero-order chi connectivity index (χ0) is 22.0. The van der Waals surface area contributed by atoms with Gasteiger partial charge in [0.05, 0.1) is 34.9 Å². The minimum atomic E-state index is -0.676.